The number of rotatable bonds is 2. The highest BCUT2D eigenvalue weighted by atomic mass is 19.1. The third-order valence-electron chi connectivity index (χ3n) is 4.27. The van der Waals surface area contributed by atoms with E-state index in [1.165, 1.54) is 6.07 Å². The molecule has 1 aliphatic carbocycles. The van der Waals surface area contributed by atoms with E-state index >= 15 is 0 Å². The average molecular weight is 251 g/mol. The second kappa shape index (κ2) is 4.30. The van der Waals surface area contributed by atoms with Gasteiger partial charge in [-0.1, -0.05) is 17.7 Å². The largest absolute Gasteiger partial charge is 0.381 e. The molecule has 1 saturated carbocycles. The number of benzene rings is 1. The number of methoxy groups -OCH3 is 1. The number of aryl methyl sites for hydroxylation is 1. The van der Waals surface area contributed by atoms with E-state index in [1.807, 2.05) is 13.0 Å². The van der Waals surface area contributed by atoms with E-state index in [1.54, 1.807) is 13.2 Å². The fourth-order valence-electron chi connectivity index (χ4n) is 3.28. The van der Waals surface area contributed by atoms with Gasteiger partial charge in [-0.3, -0.25) is 0 Å². The SMILES string of the molecule is CO[C@H]1CC2CON[C@@]2(c2cc(C)ccc2F)C1. The maximum Gasteiger partial charge on any atom is 0.128 e. The standard InChI is InChI=1S/C14H18FNO2/c1-9-3-4-13(15)12(5-9)14-7-11(17-2)6-10(14)8-18-16-14/h3-5,10-11,16H,6-8H2,1-2H3/t10?,11-,14-/m0/s1. The van der Waals surface area contributed by atoms with Crippen molar-refractivity contribution in [1.29, 1.82) is 0 Å². The van der Waals surface area contributed by atoms with E-state index in [2.05, 4.69) is 5.48 Å². The summed E-state index contributed by atoms with van der Waals surface area (Å²) in [5.74, 6) is 0.110. The fraction of sp³-hybridized carbons (Fsp3) is 0.571. The van der Waals surface area contributed by atoms with E-state index in [0.29, 0.717) is 12.2 Å². The maximum atomic E-state index is 14.1. The summed E-state index contributed by atoms with van der Waals surface area (Å²) in [6.45, 7) is 2.60. The average Bonchev–Trinajstić information content (AvgIpc) is 2.89. The first-order chi connectivity index (χ1) is 8.65. The Bertz CT molecular complexity index is 465. The van der Waals surface area contributed by atoms with E-state index < -0.39 is 5.54 Å². The molecule has 0 aromatic heterocycles. The van der Waals surface area contributed by atoms with Crippen LogP contribution < -0.4 is 5.48 Å². The molecule has 3 nitrogen and oxygen atoms in total. The van der Waals surface area contributed by atoms with Crippen LogP contribution in [0.25, 0.3) is 0 Å². The molecule has 1 saturated heterocycles. The minimum absolute atomic E-state index is 0.166. The van der Waals surface area contributed by atoms with E-state index in [9.17, 15) is 4.39 Å². The lowest BCUT2D eigenvalue weighted by Crippen LogP contribution is -2.39. The van der Waals surface area contributed by atoms with Gasteiger partial charge in [-0.05, 0) is 25.8 Å². The van der Waals surface area contributed by atoms with Crippen LogP contribution in [-0.4, -0.2) is 19.8 Å². The highest BCUT2D eigenvalue weighted by Crippen LogP contribution is 2.48. The summed E-state index contributed by atoms with van der Waals surface area (Å²) in [5.41, 5.74) is 4.42. The quantitative estimate of drug-likeness (QED) is 0.874. The summed E-state index contributed by atoms with van der Waals surface area (Å²) in [4.78, 5) is 5.38. The predicted molar refractivity (Wildman–Crippen MR) is 65.4 cm³/mol. The molecule has 4 heteroatoms. The van der Waals surface area contributed by atoms with Gasteiger partial charge < -0.3 is 9.57 Å². The molecule has 0 bridgehead atoms. The first kappa shape index (κ1) is 12.1. The van der Waals surface area contributed by atoms with Crippen LogP contribution in [0.4, 0.5) is 4.39 Å². The molecule has 3 rings (SSSR count). The second-order valence-electron chi connectivity index (χ2n) is 5.36. The van der Waals surface area contributed by atoms with Gasteiger partial charge in [0.2, 0.25) is 0 Å². The van der Waals surface area contributed by atoms with Crippen LogP contribution >= 0.6 is 0 Å². The van der Waals surface area contributed by atoms with Crippen LogP contribution in [0, 0.1) is 18.7 Å². The minimum atomic E-state index is -0.420. The first-order valence-electron chi connectivity index (χ1n) is 6.34. The van der Waals surface area contributed by atoms with Crippen molar-refractivity contribution in [3.8, 4) is 0 Å². The Morgan fingerprint density at radius 3 is 3.11 bits per heavy atom. The molecule has 3 atom stereocenters. The number of hydrogen-bond acceptors (Lipinski definition) is 3. The van der Waals surface area contributed by atoms with Gasteiger partial charge in [0.25, 0.3) is 0 Å². The van der Waals surface area contributed by atoms with Crippen molar-refractivity contribution >= 4 is 0 Å². The molecule has 1 N–H and O–H groups in total. The number of hydroxylamine groups is 1. The van der Waals surface area contributed by atoms with Crippen molar-refractivity contribution in [3.63, 3.8) is 0 Å². The van der Waals surface area contributed by atoms with Crippen molar-refractivity contribution in [3.05, 3.63) is 35.1 Å². The van der Waals surface area contributed by atoms with E-state index in [-0.39, 0.29) is 17.8 Å². The maximum absolute atomic E-state index is 14.1. The van der Waals surface area contributed by atoms with Gasteiger partial charge in [0, 0.05) is 18.6 Å². The van der Waals surface area contributed by atoms with Crippen LogP contribution in [0.1, 0.15) is 24.0 Å². The highest BCUT2D eigenvalue weighted by molar-refractivity contribution is 5.33. The Balaban J connectivity index is 2.05. The van der Waals surface area contributed by atoms with E-state index in [0.717, 1.165) is 18.4 Å². The van der Waals surface area contributed by atoms with Crippen molar-refractivity contribution < 1.29 is 14.0 Å². The molecule has 0 amide bonds. The molecule has 18 heavy (non-hydrogen) atoms. The van der Waals surface area contributed by atoms with Crippen molar-refractivity contribution in [1.82, 2.24) is 5.48 Å². The van der Waals surface area contributed by atoms with Crippen LogP contribution in [0.2, 0.25) is 0 Å². The predicted octanol–water partition coefficient (Wildman–Crippen LogP) is 2.29. The summed E-state index contributed by atoms with van der Waals surface area (Å²) in [5, 5.41) is 0. The van der Waals surface area contributed by atoms with Gasteiger partial charge in [-0.15, -0.1) is 0 Å². The molecule has 1 unspecified atom stereocenters. The lowest BCUT2D eigenvalue weighted by molar-refractivity contribution is 0.0271. The smallest absolute Gasteiger partial charge is 0.128 e. The van der Waals surface area contributed by atoms with Crippen molar-refractivity contribution in [2.75, 3.05) is 13.7 Å². The Morgan fingerprint density at radius 2 is 2.33 bits per heavy atom. The minimum Gasteiger partial charge on any atom is -0.381 e. The van der Waals surface area contributed by atoms with Crippen LogP contribution in [0.5, 0.6) is 0 Å². The normalized spacial score (nSPS) is 34.8. The fourth-order valence-corrected chi connectivity index (χ4v) is 3.28. The molecular weight excluding hydrogens is 233 g/mol. The summed E-state index contributed by atoms with van der Waals surface area (Å²) < 4.78 is 19.6. The monoisotopic (exact) mass is 251 g/mol. The van der Waals surface area contributed by atoms with Gasteiger partial charge in [-0.25, -0.2) is 4.39 Å². The van der Waals surface area contributed by atoms with Gasteiger partial charge in [-0.2, -0.15) is 5.48 Å². The number of nitrogens with one attached hydrogen (secondary N) is 1. The molecule has 1 aromatic rings. The zero-order valence-electron chi connectivity index (χ0n) is 10.7. The molecule has 2 aliphatic rings. The molecule has 98 valence electrons. The molecule has 1 heterocycles. The second-order valence-corrected chi connectivity index (χ2v) is 5.36. The molecular formula is C14H18FNO2. The summed E-state index contributed by atoms with van der Waals surface area (Å²) in [6.07, 6.45) is 1.84. The molecule has 1 aliphatic heterocycles. The molecule has 0 spiro atoms. The van der Waals surface area contributed by atoms with Crippen LogP contribution in [0.3, 0.4) is 0 Å². The lowest BCUT2D eigenvalue weighted by atomic mass is 9.81. The van der Waals surface area contributed by atoms with Gasteiger partial charge >= 0.3 is 0 Å². The zero-order chi connectivity index (χ0) is 12.8. The number of hydrogen-bond donors (Lipinski definition) is 1. The number of ether oxygens (including phenoxy) is 1. The van der Waals surface area contributed by atoms with Gasteiger partial charge in [0.05, 0.1) is 18.2 Å². The van der Waals surface area contributed by atoms with Crippen LogP contribution in [0.15, 0.2) is 18.2 Å². The highest BCUT2D eigenvalue weighted by Gasteiger charge is 2.53. The van der Waals surface area contributed by atoms with E-state index in [4.69, 9.17) is 9.57 Å². The third kappa shape index (κ3) is 1.67. The van der Waals surface area contributed by atoms with Gasteiger partial charge in [0.15, 0.2) is 0 Å². The summed E-state index contributed by atoms with van der Waals surface area (Å²) >= 11 is 0. The topological polar surface area (TPSA) is 30.5 Å². The Labute approximate surface area is 106 Å². The Kier molecular flexibility index (Phi) is 2.88. The summed E-state index contributed by atoms with van der Waals surface area (Å²) in [6, 6.07) is 5.25. The third-order valence-corrected chi connectivity index (χ3v) is 4.27. The summed E-state index contributed by atoms with van der Waals surface area (Å²) in [7, 11) is 1.72. The van der Waals surface area contributed by atoms with Gasteiger partial charge in [0.1, 0.15) is 5.82 Å². The van der Waals surface area contributed by atoms with Crippen LogP contribution in [-0.2, 0) is 15.1 Å². The molecule has 2 fully saturated rings. The number of fused-ring (bicyclic) bond motifs is 1. The Hall–Kier alpha value is -0.970. The first-order valence-corrected chi connectivity index (χ1v) is 6.34. The Morgan fingerprint density at radius 1 is 1.50 bits per heavy atom. The molecule has 0 radical (unpaired) electrons. The number of halogens is 1. The molecule has 1 aromatic carbocycles. The van der Waals surface area contributed by atoms with Crippen molar-refractivity contribution in [2.24, 2.45) is 5.92 Å². The zero-order valence-corrected chi connectivity index (χ0v) is 10.7. The lowest BCUT2D eigenvalue weighted by Gasteiger charge is -2.29. The van der Waals surface area contributed by atoms with Crippen molar-refractivity contribution in [2.45, 2.75) is 31.4 Å².